The molecule has 1 amide bonds. The smallest absolute Gasteiger partial charge is 0.258 e. The number of hydrogen-bond donors (Lipinski definition) is 1. The number of amides is 1. The standard InChI is InChI=1S/C27H32N4O3/c1-33-24-10-6-21(7-11-24)29-27(32)20-18-28-31(19-20)23-8-12-25(13-9-23)34-26-14-16-30(17-15-26)22-4-2-3-5-22/h6-13,18-19,22,26H,2-5,14-17H2,1H3,(H,29,32). The number of piperidine rings is 1. The van der Waals surface area contributed by atoms with Crippen LogP contribution < -0.4 is 14.8 Å². The SMILES string of the molecule is COc1ccc(NC(=O)c2cnn(-c3ccc(OC4CCN(C5CCCC5)CC4)cc3)c2)cc1. The number of likely N-dealkylation sites (tertiary alicyclic amines) is 1. The molecular formula is C27H32N4O3. The van der Waals surface area contributed by atoms with Gasteiger partial charge in [0.2, 0.25) is 0 Å². The number of carbonyl (C=O) groups is 1. The number of rotatable bonds is 7. The van der Waals surface area contributed by atoms with Crippen molar-refractivity contribution in [1.82, 2.24) is 14.7 Å². The van der Waals surface area contributed by atoms with E-state index in [1.54, 1.807) is 36.3 Å². The Morgan fingerprint density at radius 1 is 0.941 bits per heavy atom. The number of benzene rings is 2. The molecule has 2 aliphatic rings. The van der Waals surface area contributed by atoms with Crippen molar-refractivity contribution in [1.29, 1.82) is 0 Å². The van der Waals surface area contributed by atoms with E-state index in [-0.39, 0.29) is 12.0 Å². The molecule has 7 nitrogen and oxygen atoms in total. The van der Waals surface area contributed by atoms with Crippen molar-refractivity contribution in [2.45, 2.75) is 50.7 Å². The quantitative estimate of drug-likeness (QED) is 0.542. The lowest BCUT2D eigenvalue weighted by Gasteiger charge is -2.36. The van der Waals surface area contributed by atoms with Gasteiger partial charge in [-0.25, -0.2) is 4.68 Å². The van der Waals surface area contributed by atoms with Crippen molar-refractivity contribution >= 4 is 11.6 Å². The highest BCUT2D eigenvalue weighted by molar-refractivity contribution is 6.04. The number of nitrogens with one attached hydrogen (secondary N) is 1. The third kappa shape index (κ3) is 5.25. The Bertz CT molecular complexity index is 1080. The Morgan fingerprint density at radius 2 is 1.62 bits per heavy atom. The van der Waals surface area contributed by atoms with Crippen LogP contribution in [0.4, 0.5) is 5.69 Å². The van der Waals surface area contributed by atoms with Crippen molar-refractivity contribution in [3.05, 3.63) is 66.5 Å². The molecule has 1 aliphatic heterocycles. The van der Waals surface area contributed by atoms with Gasteiger partial charge in [0, 0.05) is 31.0 Å². The molecule has 1 N–H and O–H groups in total. The molecule has 0 spiro atoms. The van der Waals surface area contributed by atoms with E-state index in [1.165, 1.54) is 25.7 Å². The molecule has 0 bridgehead atoms. The molecule has 34 heavy (non-hydrogen) atoms. The Balaban J connectivity index is 1.14. The maximum absolute atomic E-state index is 12.6. The fourth-order valence-electron chi connectivity index (χ4n) is 4.96. The molecule has 2 fully saturated rings. The molecular weight excluding hydrogens is 428 g/mol. The third-order valence-electron chi connectivity index (χ3n) is 6.91. The van der Waals surface area contributed by atoms with Crippen LogP contribution in [-0.4, -0.2) is 52.9 Å². The Labute approximate surface area is 200 Å². The fraction of sp³-hybridized carbons (Fsp3) is 0.407. The van der Waals surface area contributed by atoms with Crippen LogP contribution in [0.1, 0.15) is 48.9 Å². The van der Waals surface area contributed by atoms with Crippen LogP contribution in [0, 0.1) is 0 Å². The molecule has 3 aromatic rings. The molecule has 1 aromatic heterocycles. The first-order valence-electron chi connectivity index (χ1n) is 12.2. The number of methoxy groups -OCH3 is 1. The van der Waals surface area contributed by atoms with E-state index in [9.17, 15) is 4.79 Å². The van der Waals surface area contributed by atoms with Crippen molar-refractivity contribution in [3.8, 4) is 17.2 Å². The summed E-state index contributed by atoms with van der Waals surface area (Å²) in [4.78, 5) is 15.2. The zero-order valence-electron chi connectivity index (χ0n) is 19.7. The minimum atomic E-state index is -0.208. The van der Waals surface area contributed by atoms with E-state index in [2.05, 4.69) is 15.3 Å². The summed E-state index contributed by atoms with van der Waals surface area (Å²) < 4.78 is 13.1. The highest BCUT2D eigenvalue weighted by Crippen LogP contribution is 2.28. The van der Waals surface area contributed by atoms with Crippen LogP contribution in [0.15, 0.2) is 60.9 Å². The number of anilines is 1. The number of aromatic nitrogens is 2. The molecule has 7 heteroatoms. The van der Waals surface area contributed by atoms with Crippen molar-refractivity contribution in [2.75, 3.05) is 25.5 Å². The second kappa shape index (κ2) is 10.3. The zero-order chi connectivity index (χ0) is 23.3. The van der Waals surface area contributed by atoms with Gasteiger partial charge >= 0.3 is 0 Å². The minimum Gasteiger partial charge on any atom is -0.497 e. The predicted octanol–water partition coefficient (Wildman–Crippen LogP) is 4.92. The number of hydrogen-bond acceptors (Lipinski definition) is 5. The molecule has 0 radical (unpaired) electrons. The van der Waals surface area contributed by atoms with Gasteiger partial charge < -0.3 is 19.7 Å². The van der Waals surface area contributed by atoms with E-state index < -0.39 is 0 Å². The lowest BCUT2D eigenvalue weighted by molar-refractivity contribution is 0.0768. The normalized spacial score (nSPS) is 17.6. The van der Waals surface area contributed by atoms with Gasteiger partial charge in [0.15, 0.2) is 0 Å². The van der Waals surface area contributed by atoms with Gasteiger partial charge in [-0.05, 0) is 74.2 Å². The summed E-state index contributed by atoms with van der Waals surface area (Å²) in [5.74, 6) is 1.42. The first-order chi connectivity index (χ1) is 16.7. The van der Waals surface area contributed by atoms with E-state index >= 15 is 0 Å². The van der Waals surface area contributed by atoms with Gasteiger partial charge in [0.25, 0.3) is 5.91 Å². The molecule has 1 saturated heterocycles. The summed E-state index contributed by atoms with van der Waals surface area (Å²) in [6.45, 7) is 2.28. The number of carbonyl (C=O) groups excluding carboxylic acids is 1. The van der Waals surface area contributed by atoms with E-state index in [4.69, 9.17) is 9.47 Å². The zero-order valence-corrected chi connectivity index (χ0v) is 19.7. The maximum atomic E-state index is 12.6. The molecule has 1 aliphatic carbocycles. The van der Waals surface area contributed by atoms with Crippen LogP contribution in [0.2, 0.25) is 0 Å². The van der Waals surface area contributed by atoms with Crippen molar-refractivity contribution in [3.63, 3.8) is 0 Å². The fourth-order valence-corrected chi connectivity index (χ4v) is 4.96. The molecule has 178 valence electrons. The molecule has 5 rings (SSSR count). The lowest BCUT2D eigenvalue weighted by Crippen LogP contribution is -2.43. The second-order valence-electron chi connectivity index (χ2n) is 9.14. The van der Waals surface area contributed by atoms with Gasteiger partial charge in [0.1, 0.15) is 17.6 Å². The average molecular weight is 461 g/mol. The average Bonchev–Trinajstić information content (AvgIpc) is 3.59. The van der Waals surface area contributed by atoms with Crippen LogP contribution in [0.25, 0.3) is 5.69 Å². The molecule has 1 saturated carbocycles. The summed E-state index contributed by atoms with van der Waals surface area (Å²) >= 11 is 0. The summed E-state index contributed by atoms with van der Waals surface area (Å²) in [5, 5.41) is 7.24. The van der Waals surface area contributed by atoms with Gasteiger partial charge in [-0.2, -0.15) is 5.10 Å². The van der Waals surface area contributed by atoms with E-state index in [0.717, 1.165) is 49.2 Å². The topological polar surface area (TPSA) is 68.6 Å². The number of nitrogens with zero attached hydrogens (tertiary/aromatic N) is 3. The Hall–Kier alpha value is -3.32. The van der Waals surface area contributed by atoms with Gasteiger partial charge in [-0.3, -0.25) is 4.79 Å². The minimum absolute atomic E-state index is 0.208. The summed E-state index contributed by atoms with van der Waals surface area (Å²) in [6.07, 6.45) is 11.3. The first kappa shape index (κ1) is 22.5. The largest absolute Gasteiger partial charge is 0.497 e. The monoisotopic (exact) mass is 460 g/mol. The second-order valence-corrected chi connectivity index (χ2v) is 9.14. The maximum Gasteiger partial charge on any atom is 0.258 e. The number of ether oxygens (including phenoxy) is 2. The van der Waals surface area contributed by atoms with Crippen LogP contribution >= 0.6 is 0 Å². The van der Waals surface area contributed by atoms with Crippen molar-refractivity contribution < 1.29 is 14.3 Å². The summed E-state index contributed by atoms with van der Waals surface area (Å²) in [6, 6.07) is 15.9. The summed E-state index contributed by atoms with van der Waals surface area (Å²) in [7, 11) is 1.61. The van der Waals surface area contributed by atoms with Crippen LogP contribution in [0.3, 0.4) is 0 Å². The lowest BCUT2D eigenvalue weighted by atomic mass is 10.0. The highest BCUT2D eigenvalue weighted by Gasteiger charge is 2.27. The Kier molecular flexibility index (Phi) is 6.81. The van der Waals surface area contributed by atoms with Crippen LogP contribution in [-0.2, 0) is 0 Å². The molecule has 0 unspecified atom stereocenters. The predicted molar refractivity (Wildman–Crippen MR) is 132 cm³/mol. The van der Waals surface area contributed by atoms with Gasteiger partial charge in [-0.1, -0.05) is 12.8 Å². The first-order valence-corrected chi connectivity index (χ1v) is 12.2. The van der Waals surface area contributed by atoms with E-state index in [1.807, 2.05) is 36.4 Å². The Morgan fingerprint density at radius 3 is 2.29 bits per heavy atom. The molecule has 0 atom stereocenters. The summed E-state index contributed by atoms with van der Waals surface area (Å²) in [5.41, 5.74) is 2.08. The van der Waals surface area contributed by atoms with Crippen LogP contribution in [0.5, 0.6) is 11.5 Å². The van der Waals surface area contributed by atoms with E-state index in [0.29, 0.717) is 11.3 Å². The van der Waals surface area contributed by atoms with Crippen molar-refractivity contribution in [2.24, 2.45) is 0 Å². The molecule has 2 aromatic carbocycles. The van der Waals surface area contributed by atoms with Gasteiger partial charge in [0.05, 0.1) is 24.6 Å². The molecule has 2 heterocycles. The highest BCUT2D eigenvalue weighted by atomic mass is 16.5. The third-order valence-corrected chi connectivity index (χ3v) is 6.91. The van der Waals surface area contributed by atoms with Gasteiger partial charge in [-0.15, -0.1) is 0 Å².